The Labute approximate surface area is 131 Å². The second-order valence-corrected chi connectivity index (χ2v) is 7.02. The summed E-state index contributed by atoms with van der Waals surface area (Å²) in [5, 5.41) is 0.603. The van der Waals surface area contributed by atoms with Crippen molar-refractivity contribution in [2.24, 2.45) is 0 Å². The first-order valence-corrected chi connectivity index (χ1v) is 8.35. The predicted molar refractivity (Wildman–Crippen MR) is 77.6 cm³/mol. The van der Waals surface area contributed by atoms with Gasteiger partial charge in [0, 0.05) is 22.1 Å². The first kappa shape index (κ1) is 14.5. The molecule has 1 aromatic carbocycles. The van der Waals surface area contributed by atoms with Crippen LogP contribution in [-0.4, -0.2) is 20.3 Å². The first-order chi connectivity index (χ1) is 9.54. The normalized spacial score (nSPS) is 15.7. The molecule has 3 rings (SSSR count). The van der Waals surface area contributed by atoms with Gasteiger partial charge in [0.25, 0.3) is 0 Å². The van der Waals surface area contributed by atoms with Gasteiger partial charge in [0.2, 0.25) is 0 Å². The molecular formula is C12H9BrClFN2O2S. The summed E-state index contributed by atoms with van der Waals surface area (Å²) in [6.45, 7) is 2.39. The molecule has 0 N–H and O–H groups in total. The van der Waals surface area contributed by atoms with Crippen molar-refractivity contribution in [3.8, 4) is 0 Å². The lowest BCUT2D eigenvalue weighted by atomic mass is 10.1. The molecule has 1 aliphatic rings. The molecule has 4 nitrogen and oxygen atoms in total. The van der Waals surface area contributed by atoms with Crippen molar-refractivity contribution in [1.29, 1.82) is 0 Å². The highest BCUT2D eigenvalue weighted by atomic mass is 79.9. The Morgan fingerprint density at radius 1 is 1.40 bits per heavy atom. The number of ether oxygens (including phenoxy) is 1. The molecule has 0 aliphatic carbocycles. The summed E-state index contributed by atoms with van der Waals surface area (Å²) in [5.41, 5.74) is 1.59. The SMILES string of the molecule is CC[S+]([O-])c1nc(Cl)c2c3c(c(Br)c(F)c2n1)COC3. The number of hydrogen-bond donors (Lipinski definition) is 0. The molecule has 1 unspecified atom stereocenters. The van der Waals surface area contributed by atoms with E-state index in [9.17, 15) is 8.94 Å². The smallest absolute Gasteiger partial charge is 0.344 e. The Hall–Kier alpha value is -0.470. The molecule has 2 heterocycles. The summed E-state index contributed by atoms with van der Waals surface area (Å²) in [6.07, 6.45) is 0. The van der Waals surface area contributed by atoms with Gasteiger partial charge in [-0.25, -0.2) is 4.39 Å². The van der Waals surface area contributed by atoms with Gasteiger partial charge >= 0.3 is 5.16 Å². The maximum atomic E-state index is 14.4. The average molecular weight is 380 g/mol. The lowest BCUT2D eigenvalue weighted by Gasteiger charge is -2.11. The predicted octanol–water partition coefficient (Wildman–Crippen LogP) is 3.34. The van der Waals surface area contributed by atoms with E-state index >= 15 is 0 Å². The maximum absolute atomic E-state index is 14.4. The van der Waals surface area contributed by atoms with Crippen LogP contribution in [0.4, 0.5) is 4.39 Å². The summed E-state index contributed by atoms with van der Waals surface area (Å²) in [7, 11) is 0. The van der Waals surface area contributed by atoms with Crippen LogP contribution in [0, 0.1) is 5.82 Å². The number of aromatic nitrogens is 2. The van der Waals surface area contributed by atoms with Crippen molar-refractivity contribution < 1.29 is 13.7 Å². The van der Waals surface area contributed by atoms with Crippen LogP contribution in [0.1, 0.15) is 18.1 Å². The second-order valence-electron chi connectivity index (χ2n) is 4.23. The number of halogens is 3. The Morgan fingerprint density at radius 2 is 2.10 bits per heavy atom. The van der Waals surface area contributed by atoms with Crippen LogP contribution in [0.15, 0.2) is 9.63 Å². The van der Waals surface area contributed by atoms with Gasteiger partial charge in [-0.15, -0.1) is 0 Å². The lowest BCUT2D eigenvalue weighted by molar-refractivity contribution is 0.134. The number of rotatable bonds is 2. The zero-order chi connectivity index (χ0) is 14.4. The molecule has 0 saturated carbocycles. The molecule has 2 aromatic rings. The van der Waals surface area contributed by atoms with Gasteiger partial charge in [-0.2, -0.15) is 9.97 Å². The van der Waals surface area contributed by atoms with Crippen LogP contribution in [0.5, 0.6) is 0 Å². The number of benzene rings is 1. The van der Waals surface area contributed by atoms with Crippen molar-refractivity contribution in [3.63, 3.8) is 0 Å². The minimum absolute atomic E-state index is 0.0506. The van der Waals surface area contributed by atoms with E-state index in [0.29, 0.717) is 28.8 Å². The van der Waals surface area contributed by atoms with E-state index in [2.05, 4.69) is 25.9 Å². The minimum atomic E-state index is -1.39. The van der Waals surface area contributed by atoms with Crippen LogP contribution in [0.25, 0.3) is 10.9 Å². The maximum Gasteiger partial charge on any atom is 0.344 e. The average Bonchev–Trinajstić information content (AvgIpc) is 2.92. The Kier molecular flexibility index (Phi) is 3.89. The molecule has 1 aromatic heterocycles. The van der Waals surface area contributed by atoms with E-state index in [0.717, 1.165) is 11.1 Å². The van der Waals surface area contributed by atoms with Crippen LogP contribution >= 0.6 is 27.5 Å². The summed E-state index contributed by atoms with van der Waals surface area (Å²) >= 11 is 7.98. The van der Waals surface area contributed by atoms with E-state index in [-0.39, 0.29) is 15.8 Å². The van der Waals surface area contributed by atoms with E-state index in [4.69, 9.17) is 16.3 Å². The van der Waals surface area contributed by atoms with Crippen molar-refractivity contribution in [3.05, 3.63) is 26.6 Å². The molecule has 0 radical (unpaired) electrons. The first-order valence-electron chi connectivity index (χ1n) is 5.86. The third kappa shape index (κ3) is 2.12. The number of nitrogens with zero attached hydrogens (tertiary/aromatic N) is 2. The molecule has 0 saturated heterocycles. The molecule has 1 atom stereocenters. The zero-order valence-electron chi connectivity index (χ0n) is 10.4. The van der Waals surface area contributed by atoms with E-state index in [1.54, 1.807) is 6.92 Å². The third-order valence-electron chi connectivity index (χ3n) is 3.13. The molecule has 0 amide bonds. The van der Waals surface area contributed by atoms with E-state index < -0.39 is 17.0 Å². The molecule has 0 bridgehead atoms. The van der Waals surface area contributed by atoms with Crippen molar-refractivity contribution in [2.75, 3.05) is 5.75 Å². The van der Waals surface area contributed by atoms with Gasteiger partial charge in [-0.05, 0) is 28.4 Å². The van der Waals surface area contributed by atoms with E-state index in [1.165, 1.54) is 0 Å². The molecule has 0 fully saturated rings. The molecule has 0 spiro atoms. The van der Waals surface area contributed by atoms with Gasteiger partial charge in [0.15, 0.2) is 5.82 Å². The van der Waals surface area contributed by atoms with Gasteiger partial charge in [0.1, 0.15) is 16.4 Å². The highest BCUT2D eigenvalue weighted by Gasteiger charge is 2.27. The molecule has 106 valence electrons. The highest BCUT2D eigenvalue weighted by Crippen LogP contribution is 2.39. The molecule has 8 heteroatoms. The van der Waals surface area contributed by atoms with Crippen molar-refractivity contribution in [1.82, 2.24) is 9.97 Å². The Bertz CT molecular complexity index is 716. The van der Waals surface area contributed by atoms with Gasteiger partial charge < -0.3 is 9.29 Å². The minimum Gasteiger partial charge on any atom is -0.609 e. The Morgan fingerprint density at radius 3 is 2.80 bits per heavy atom. The van der Waals surface area contributed by atoms with Gasteiger partial charge in [-0.1, -0.05) is 11.6 Å². The monoisotopic (exact) mass is 378 g/mol. The summed E-state index contributed by atoms with van der Waals surface area (Å²) in [5.74, 6) is -0.179. The van der Waals surface area contributed by atoms with Crippen molar-refractivity contribution >= 4 is 49.6 Å². The van der Waals surface area contributed by atoms with Crippen molar-refractivity contribution in [2.45, 2.75) is 25.3 Å². The largest absolute Gasteiger partial charge is 0.609 e. The number of fused-ring (bicyclic) bond motifs is 3. The second kappa shape index (κ2) is 5.38. The van der Waals surface area contributed by atoms with Gasteiger partial charge in [0.05, 0.1) is 17.7 Å². The van der Waals surface area contributed by atoms with Crippen LogP contribution < -0.4 is 0 Å². The van der Waals surface area contributed by atoms with Crippen LogP contribution in [0.2, 0.25) is 5.15 Å². The molecule has 1 aliphatic heterocycles. The standard InChI is InChI=1S/C12H9BrClFN2O2S/c1-2-20(18)12-16-10-7(11(14)17-12)5-3-19-4-6(5)8(13)9(10)15/h2-4H2,1H3. The fourth-order valence-corrected chi connectivity index (χ4v) is 3.68. The summed E-state index contributed by atoms with van der Waals surface area (Å²) in [6, 6.07) is 0. The Balaban J connectivity index is 2.38. The summed E-state index contributed by atoms with van der Waals surface area (Å²) < 4.78 is 31.9. The van der Waals surface area contributed by atoms with E-state index in [1.807, 2.05) is 0 Å². The molecular weight excluding hydrogens is 371 g/mol. The number of hydrogen-bond acceptors (Lipinski definition) is 4. The topological polar surface area (TPSA) is 58.1 Å². The molecule has 20 heavy (non-hydrogen) atoms. The highest BCUT2D eigenvalue weighted by molar-refractivity contribution is 9.10. The van der Waals surface area contributed by atoms with Gasteiger partial charge in [-0.3, -0.25) is 0 Å². The third-order valence-corrected chi connectivity index (χ3v) is 5.35. The lowest BCUT2D eigenvalue weighted by Crippen LogP contribution is -2.10. The zero-order valence-corrected chi connectivity index (χ0v) is 13.5. The quantitative estimate of drug-likeness (QED) is 0.456. The fourth-order valence-electron chi connectivity index (χ4n) is 2.16. The van der Waals surface area contributed by atoms with Crippen LogP contribution in [-0.2, 0) is 29.1 Å². The van der Waals surface area contributed by atoms with Crippen LogP contribution in [0.3, 0.4) is 0 Å². The fraction of sp³-hybridized carbons (Fsp3) is 0.333. The summed E-state index contributed by atoms with van der Waals surface area (Å²) in [4.78, 5) is 8.13.